The molecule has 0 saturated carbocycles. The van der Waals surface area contributed by atoms with Gasteiger partial charge in [0.05, 0.1) is 33.6 Å². The van der Waals surface area contributed by atoms with Crippen LogP contribution in [0.5, 0.6) is 17.2 Å². The Kier molecular flexibility index (Phi) is 7.41. The zero-order valence-electron chi connectivity index (χ0n) is 16.6. The summed E-state index contributed by atoms with van der Waals surface area (Å²) in [6.07, 6.45) is 0. The summed E-state index contributed by atoms with van der Waals surface area (Å²) in [6.45, 7) is 1.13. The molecular weight excluding hydrogens is 378 g/mol. The van der Waals surface area contributed by atoms with Gasteiger partial charge in [-0.15, -0.1) is 0 Å². The molecule has 0 bridgehead atoms. The van der Waals surface area contributed by atoms with Gasteiger partial charge in [-0.25, -0.2) is 0 Å². The molecule has 3 amide bonds. The minimum absolute atomic E-state index is 0.241. The number of carbonyl (C=O) groups excluding carboxylic acids is 3. The summed E-state index contributed by atoms with van der Waals surface area (Å²) in [5, 5.41) is 7.81. The predicted octanol–water partition coefficient (Wildman–Crippen LogP) is 2.04. The molecule has 0 unspecified atom stereocenters. The van der Waals surface area contributed by atoms with Crippen molar-refractivity contribution in [1.82, 2.24) is 5.32 Å². The van der Waals surface area contributed by atoms with Crippen LogP contribution in [0.1, 0.15) is 17.3 Å². The first-order valence-corrected chi connectivity index (χ1v) is 8.63. The Morgan fingerprint density at radius 1 is 0.828 bits per heavy atom. The standard InChI is InChI=1S/C20H23N3O6/c1-12(24)22-15-10-14(6-8-16(15)27-2)23-19(25)11-21-20(26)13-5-7-17(28-3)18(9-13)29-4/h5-10H,11H2,1-4H3,(H,21,26)(H,22,24)(H,23,25). The largest absolute Gasteiger partial charge is 0.495 e. The van der Waals surface area contributed by atoms with Gasteiger partial charge >= 0.3 is 0 Å². The van der Waals surface area contributed by atoms with Crippen molar-refractivity contribution >= 4 is 29.1 Å². The smallest absolute Gasteiger partial charge is 0.251 e. The molecule has 0 atom stereocenters. The van der Waals surface area contributed by atoms with Crippen molar-refractivity contribution < 1.29 is 28.6 Å². The van der Waals surface area contributed by atoms with Crippen LogP contribution in [0.2, 0.25) is 0 Å². The Morgan fingerprint density at radius 3 is 2.10 bits per heavy atom. The van der Waals surface area contributed by atoms with Gasteiger partial charge < -0.3 is 30.2 Å². The van der Waals surface area contributed by atoms with E-state index in [9.17, 15) is 14.4 Å². The highest BCUT2D eigenvalue weighted by atomic mass is 16.5. The minimum atomic E-state index is -0.435. The lowest BCUT2D eigenvalue weighted by atomic mass is 10.2. The SMILES string of the molecule is COc1ccc(NC(=O)CNC(=O)c2ccc(OC)c(OC)c2)cc1NC(C)=O. The molecule has 0 spiro atoms. The van der Waals surface area contributed by atoms with Gasteiger partial charge in [0.15, 0.2) is 11.5 Å². The topological polar surface area (TPSA) is 115 Å². The zero-order chi connectivity index (χ0) is 21.4. The highest BCUT2D eigenvalue weighted by Crippen LogP contribution is 2.28. The number of rotatable bonds is 8. The van der Waals surface area contributed by atoms with Crippen LogP contribution < -0.4 is 30.2 Å². The number of anilines is 2. The van der Waals surface area contributed by atoms with E-state index in [-0.39, 0.29) is 12.5 Å². The number of ether oxygens (including phenoxy) is 3. The molecule has 2 aromatic carbocycles. The second kappa shape index (κ2) is 9.98. The van der Waals surface area contributed by atoms with Gasteiger partial charge in [0.1, 0.15) is 5.75 Å². The molecule has 2 aromatic rings. The van der Waals surface area contributed by atoms with Gasteiger partial charge in [0, 0.05) is 18.2 Å². The van der Waals surface area contributed by atoms with E-state index in [0.717, 1.165) is 0 Å². The first-order valence-electron chi connectivity index (χ1n) is 8.63. The number of hydrogen-bond donors (Lipinski definition) is 3. The van der Waals surface area contributed by atoms with Crippen molar-refractivity contribution in [3.63, 3.8) is 0 Å². The molecule has 154 valence electrons. The molecule has 0 aliphatic heterocycles. The van der Waals surface area contributed by atoms with E-state index >= 15 is 0 Å². The van der Waals surface area contributed by atoms with Crippen LogP contribution in [-0.2, 0) is 9.59 Å². The van der Waals surface area contributed by atoms with Crippen LogP contribution in [0.4, 0.5) is 11.4 Å². The molecule has 0 heterocycles. The second-order valence-electron chi connectivity index (χ2n) is 5.90. The monoisotopic (exact) mass is 401 g/mol. The van der Waals surface area contributed by atoms with Crippen LogP contribution in [0.25, 0.3) is 0 Å². The fourth-order valence-electron chi connectivity index (χ4n) is 2.52. The second-order valence-corrected chi connectivity index (χ2v) is 5.90. The lowest BCUT2D eigenvalue weighted by Gasteiger charge is -2.12. The average molecular weight is 401 g/mol. The van der Waals surface area contributed by atoms with Crippen LogP contribution in [0.3, 0.4) is 0 Å². The Morgan fingerprint density at radius 2 is 1.48 bits per heavy atom. The molecule has 0 fully saturated rings. The Hall–Kier alpha value is -3.75. The lowest BCUT2D eigenvalue weighted by molar-refractivity contribution is -0.115. The van der Waals surface area contributed by atoms with E-state index in [1.54, 1.807) is 30.3 Å². The molecule has 9 heteroatoms. The van der Waals surface area contributed by atoms with Gasteiger partial charge in [0.25, 0.3) is 5.91 Å². The third-order valence-electron chi connectivity index (χ3n) is 3.85. The third kappa shape index (κ3) is 5.86. The molecular formula is C20H23N3O6. The van der Waals surface area contributed by atoms with E-state index in [2.05, 4.69) is 16.0 Å². The maximum atomic E-state index is 12.3. The lowest BCUT2D eigenvalue weighted by Crippen LogP contribution is -2.32. The van der Waals surface area contributed by atoms with Crippen molar-refractivity contribution in [1.29, 1.82) is 0 Å². The third-order valence-corrected chi connectivity index (χ3v) is 3.85. The Labute approximate surface area is 168 Å². The normalized spacial score (nSPS) is 9.93. The summed E-state index contributed by atoms with van der Waals surface area (Å²) in [5.41, 5.74) is 1.19. The Bertz CT molecular complexity index is 913. The fourth-order valence-corrected chi connectivity index (χ4v) is 2.52. The van der Waals surface area contributed by atoms with E-state index in [1.807, 2.05) is 0 Å². The molecule has 0 aliphatic carbocycles. The van der Waals surface area contributed by atoms with Gasteiger partial charge in [-0.3, -0.25) is 14.4 Å². The highest BCUT2D eigenvalue weighted by Gasteiger charge is 2.13. The zero-order valence-corrected chi connectivity index (χ0v) is 16.6. The van der Waals surface area contributed by atoms with Crippen LogP contribution in [0.15, 0.2) is 36.4 Å². The summed E-state index contributed by atoms with van der Waals surface area (Å²) < 4.78 is 15.5. The summed E-state index contributed by atoms with van der Waals surface area (Å²) in [4.78, 5) is 35.7. The van der Waals surface area contributed by atoms with E-state index in [0.29, 0.717) is 34.2 Å². The van der Waals surface area contributed by atoms with Gasteiger partial charge in [0.2, 0.25) is 11.8 Å². The molecule has 0 aromatic heterocycles. The fraction of sp³-hybridized carbons (Fsp3) is 0.250. The molecule has 0 aliphatic rings. The number of methoxy groups -OCH3 is 3. The maximum absolute atomic E-state index is 12.3. The van der Waals surface area contributed by atoms with E-state index in [1.165, 1.54) is 34.3 Å². The number of hydrogen-bond acceptors (Lipinski definition) is 6. The molecule has 3 N–H and O–H groups in total. The van der Waals surface area contributed by atoms with Crippen molar-refractivity contribution in [3.05, 3.63) is 42.0 Å². The van der Waals surface area contributed by atoms with Crippen LogP contribution in [-0.4, -0.2) is 45.6 Å². The first-order chi connectivity index (χ1) is 13.9. The van der Waals surface area contributed by atoms with Gasteiger partial charge in [-0.2, -0.15) is 0 Å². The molecule has 0 radical (unpaired) electrons. The Balaban J connectivity index is 1.99. The van der Waals surface area contributed by atoms with Crippen LogP contribution >= 0.6 is 0 Å². The van der Waals surface area contributed by atoms with Crippen LogP contribution in [0, 0.1) is 0 Å². The van der Waals surface area contributed by atoms with Crippen molar-refractivity contribution in [3.8, 4) is 17.2 Å². The molecule has 2 rings (SSSR count). The van der Waals surface area contributed by atoms with E-state index in [4.69, 9.17) is 14.2 Å². The average Bonchev–Trinajstić information content (AvgIpc) is 2.71. The summed E-state index contributed by atoms with van der Waals surface area (Å²) in [7, 11) is 4.44. The quantitative estimate of drug-likeness (QED) is 0.624. The summed E-state index contributed by atoms with van der Waals surface area (Å²) in [6, 6.07) is 9.50. The summed E-state index contributed by atoms with van der Waals surface area (Å²) >= 11 is 0. The van der Waals surface area contributed by atoms with E-state index < -0.39 is 11.8 Å². The highest BCUT2D eigenvalue weighted by molar-refractivity contribution is 6.00. The van der Waals surface area contributed by atoms with Crippen molar-refractivity contribution in [2.45, 2.75) is 6.92 Å². The van der Waals surface area contributed by atoms with Gasteiger partial charge in [-0.05, 0) is 36.4 Å². The molecule has 9 nitrogen and oxygen atoms in total. The van der Waals surface area contributed by atoms with Crippen molar-refractivity contribution in [2.24, 2.45) is 0 Å². The number of nitrogens with one attached hydrogen (secondary N) is 3. The number of amides is 3. The number of benzene rings is 2. The van der Waals surface area contributed by atoms with Gasteiger partial charge in [-0.1, -0.05) is 0 Å². The minimum Gasteiger partial charge on any atom is -0.495 e. The molecule has 29 heavy (non-hydrogen) atoms. The maximum Gasteiger partial charge on any atom is 0.251 e. The number of carbonyl (C=O) groups is 3. The van der Waals surface area contributed by atoms with Crippen molar-refractivity contribution in [2.75, 3.05) is 38.5 Å². The first kappa shape index (κ1) is 21.5. The predicted molar refractivity (Wildman–Crippen MR) is 108 cm³/mol. The summed E-state index contributed by atoms with van der Waals surface area (Å²) in [5.74, 6) is 0.228. The molecule has 0 saturated heterocycles.